The number of methoxy groups -OCH3 is 1. The van der Waals surface area contributed by atoms with Crippen LogP contribution in [0.5, 0.6) is 5.75 Å². The third-order valence-electron chi connectivity index (χ3n) is 3.69. The van der Waals surface area contributed by atoms with Crippen molar-refractivity contribution < 1.29 is 14.5 Å². The van der Waals surface area contributed by atoms with Crippen molar-refractivity contribution in [3.63, 3.8) is 0 Å². The highest BCUT2D eigenvalue weighted by Crippen LogP contribution is 2.23. The summed E-state index contributed by atoms with van der Waals surface area (Å²) in [5.41, 5.74) is -1.01. The van der Waals surface area contributed by atoms with Gasteiger partial charge in [-0.25, -0.2) is 4.79 Å². The van der Waals surface area contributed by atoms with Crippen LogP contribution in [-0.4, -0.2) is 27.1 Å². The largest absolute Gasteiger partial charge is 0.496 e. The number of ether oxygens (including phenoxy) is 1. The lowest BCUT2D eigenvalue weighted by molar-refractivity contribution is -0.384. The molecule has 10 nitrogen and oxygen atoms in total. The molecule has 1 amide bonds. The van der Waals surface area contributed by atoms with Crippen molar-refractivity contribution in [3.8, 4) is 5.75 Å². The van der Waals surface area contributed by atoms with Gasteiger partial charge in [0.1, 0.15) is 5.75 Å². The Labute approximate surface area is 141 Å². The summed E-state index contributed by atoms with van der Waals surface area (Å²) < 4.78 is 7.21. The fourth-order valence-electron chi connectivity index (χ4n) is 2.20. The molecule has 0 radical (unpaired) electrons. The Kier molecular flexibility index (Phi) is 5.01. The van der Waals surface area contributed by atoms with Crippen LogP contribution in [0.3, 0.4) is 0 Å². The maximum atomic E-state index is 12.3. The van der Waals surface area contributed by atoms with Crippen molar-refractivity contribution in [2.24, 2.45) is 14.1 Å². The summed E-state index contributed by atoms with van der Waals surface area (Å²) >= 11 is 0. The average Bonchev–Trinajstić information content (AvgIpc) is 2.60. The molecular formula is C15H16N4O6. The first-order valence-corrected chi connectivity index (χ1v) is 7.12. The van der Waals surface area contributed by atoms with Gasteiger partial charge in [0, 0.05) is 38.0 Å². The van der Waals surface area contributed by atoms with Crippen molar-refractivity contribution in [2.75, 3.05) is 7.11 Å². The van der Waals surface area contributed by atoms with Gasteiger partial charge in [0.25, 0.3) is 17.2 Å². The van der Waals surface area contributed by atoms with E-state index < -0.39 is 22.1 Å². The van der Waals surface area contributed by atoms with Crippen LogP contribution in [0.25, 0.3) is 0 Å². The lowest BCUT2D eigenvalue weighted by Gasteiger charge is -2.12. The van der Waals surface area contributed by atoms with Crippen LogP contribution in [0.4, 0.5) is 5.69 Å². The van der Waals surface area contributed by atoms with Gasteiger partial charge in [0.05, 0.1) is 24.1 Å². The van der Waals surface area contributed by atoms with Gasteiger partial charge in [0.15, 0.2) is 0 Å². The summed E-state index contributed by atoms with van der Waals surface area (Å²) in [6.45, 7) is -0.105. The number of carbonyl (C=O) groups is 1. The van der Waals surface area contributed by atoms with E-state index in [9.17, 15) is 24.5 Å². The molecule has 0 atom stereocenters. The SMILES string of the molecule is COc1ccc([N+](=O)[O-])cc1C(=O)NCc1cc(=O)n(C)c(=O)n1C. The van der Waals surface area contributed by atoms with Gasteiger partial charge >= 0.3 is 5.69 Å². The molecule has 1 heterocycles. The number of non-ortho nitro benzene ring substituents is 1. The summed E-state index contributed by atoms with van der Waals surface area (Å²) in [5, 5.41) is 13.4. The third kappa shape index (κ3) is 3.57. The Bertz CT molecular complexity index is 959. The topological polar surface area (TPSA) is 125 Å². The maximum Gasteiger partial charge on any atom is 0.330 e. The third-order valence-corrected chi connectivity index (χ3v) is 3.69. The molecule has 132 valence electrons. The second-order valence-corrected chi connectivity index (χ2v) is 5.20. The van der Waals surface area contributed by atoms with Crippen molar-refractivity contribution in [3.05, 3.63) is 66.5 Å². The number of nitrogens with one attached hydrogen (secondary N) is 1. The molecule has 0 fully saturated rings. The Morgan fingerprint density at radius 2 is 1.92 bits per heavy atom. The second-order valence-electron chi connectivity index (χ2n) is 5.20. The van der Waals surface area contributed by atoms with E-state index in [1.54, 1.807) is 0 Å². The summed E-state index contributed by atoms with van der Waals surface area (Å²) in [6, 6.07) is 4.87. The van der Waals surface area contributed by atoms with E-state index in [2.05, 4.69) is 5.32 Å². The Hall–Kier alpha value is -3.43. The molecular weight excluding hydrogens is 332 g/mol. The molecule has 0 aliphatic carbocycles. The monoisotopic (exact) mass is 348 g/mol. The molecule has 1 aromatic heterocycles. The van der Waals surface area contributed by atoms with Crippen molar-refractivity contribution >= 4 is 11.6 Å². The number of hydrogen-bond donors (Lipinski definition) is 1. The molecule has 0 unspecified atom stereocenters. The van der Waals surface area contributed by atoms with Crippen LogP contribution in [0.15, 0.2) is 33.9 Å². The minimum Gasteiger partial charge on any atom is -0.496 e. The van der Waals surface area contributed by atoms with Crippen LogP contribution in [0, 0.1) is 10.1 Å². The maximum absolute atomic E-state index is 12.3. The fraction of sp³-hybridized carbons (Fsp3) is 0.267. The number of benzene rings is 1. The standard InChI is InChI=1S/C15H16N4O6/c1-17-10(7-13(20)18(2)15(17)22)8-16-14(21)11-6-9(19(23)24)4-5-12(11)25-3/h4-7H,8H2,1-3H3,(H,16,21). The van der Waals surface area contributed by atoms with E-state index in [4.69, 9.17) is 4.74 Å². The van der Waals surface area contributed by atoms with Gasteiger partial charge < -0.3 is 10.1 Å². The molecule has 1 aromatic carbocycles. The number of rotatable bonds is 5. The van der Waals surface area contributed by atoms with Crippen molar-refractivity contribution in [2.45, 2.75) is 6.54 Å². The number of carbonyl (C=O) groups excluding carboxylic acids is 1. The van der Waals surface area contributed by atoms with Crippen LogP contribution in [-0.2, 0) is 20.6 Å². The Balaban J connectivity index is 2.30. The van der Waals surface area contributed by atoms with E-state index in [1.165, 1.54) is 44.0 Å². The quantitative estimate of drug-likeness (QED) is 0.595. The average molecular weight is 348 g/mol. The molecule has 0 aliphatic heterocycles. The van der Waals surface area contributed by atoms with E-state index in [-0.39, 0.29) is 23.5 Å². The Morgan fingerprint density at radius 1 is 1.24 bits per heavy atom. The zero-order valence-electron chi connectivity index (χ0n) is 13.8. The molecule has 0 bridgehead atoms. The molecule has 0 aliphatic rings. The summed E-state index contributed by atoms with van der Waals surface area (Å²) in [7, 11) is 4.15. The van der Waals surface area contributed by atoms with Crippen LogP contribution in [0.2, 0.25) is 0 Å². The van der Waals surface area contributed by atoms with Crippen LogP contribution >= 0.6 is 0 Å². The van der Waals surface area contributed by atoms with E-state index in [0.29, 0.717) is 5.69 Å². The van der Waals surface area contributed by atoms with Gasteiger partial charge in [-0.15, -0.1) is 0 Å². The molecule has 2 aromatic rings. The zero-order chi connectivity index (χ0) is 18.7. The predicted octanol–water partition coefficient (Wildman–Crippen LogP) is -0.0692. The highest BCUT2D eigenvalue weighted by atomic mass is 16.6. The first-order valence-electron chi connectivity index (χ1n) is 7.12. The molecule has 0 spiro atoms. The fourth-order valence-corrected chi connectivity index (χ4v) is 2.20. The number of nitro benzene ring substituents is 1. The smallest absolute Gasteiger partial charge is 0.330 e. The van der Waals surface area contributed by atoms with Gasteiger partial charge in [-0.1, -0.05) is 0 Å². The molecule has 0 saturated carbocycles. The first kappa shape index (κ1) is 17.9. The number of hydrogen-bond acceptors (Lipinski definition) is 6. The van der Waals surface area contributed by atoms with Crippen molar-refractivity contribution in [1.82, 2.24) is 14.5 Å². The van der Waals surface area contributed by atoms with Crippen LogP contribution in [0.1, 0.15) is 16.1 Å². The zero-order valence-corrected chi connectivity index (χ0v) is 13.8. The lowest BCUT2D eigenvalue weighted by atomic mass is 10.1. The molecule has 2 rings (SSSR count). The number of nitro groups is 1. The summed E-state index contributed by atoms with van der Waals surface area (Å²) in [6.07, 6.45) is 0. The van der Waals surface area contributed by atoms with Crippen LogP contribution < -0.4 is 21.3 Å². The van der Waals surface area contributed by atoms with E-state index in [0.717, 1.165) is 10.6 Å². The number of aromatic nitrogens is 2. The van der Waals surface area contributed by atoms with E-state index >= 15 is 0 Å². The highest BCUT2D eigenvalue weighted by Gasteiger charge is 2.18. The molecule has 1 N–H and O–H groups in total. The first-order chi connectivity index (χ1) is 11.8. The van der Waals surface area contributed by atoms with Crippen molar-refractivity contribution in [1.29, 1.82) is 0 Å². The summed E-state index contributed by atoms with van der Waals surface area (Å²) in [4.78, 5) is 46.1. The van der Waals surface area contributed by atoms with Gasteiger partial charge in [-0.05, 0) is 6.07 Å². The second kappa shape index (κ2) is 6.99. The van der Waals surface area contributed by atoms with Gasteiger partial charge in [-0.3, -0.25) is 28.8 Å². The summed E-state index contributed by atoms with van der Waals surface area (Å²) in [5.74, 6) is -0.463. The lowest BCUT2D eigenvalue weighted by Crippen LogP contribution is -2.39. The van der Waals surface area contributed by atoms with E-state index in [1.807, 2.05) is 0 Å². The predicted molar refractivity (Wildman–Crippen MR) is 87.7 cm³/mol. The number of nitrogens with zero attached hydrogens (tertiary/aromatic N) is 3. The number of amides is 1. The molecule has 10 heteroatoms. The minimum absolute atomic E-state index is 0.0227. The van der Waals surface area contributed by atoms with Gasteiger partial charge in [-0.2, -0.15) is 0 Å². The normalized spacial score (nSPS) is 10.4. The molecule has 0 saturated heterocycles. The highest BCUT2D eigenvalue weighted by molar-refractivity contribution is 5.97. The molecule has 25 heavy (non-hydrogen) atoms. The minimum atomic E-state index is -0.631. The Morgan fingerprint density at radius 3 is 2.52 bits per heavy atom. The van der Waals surface area contributed by atoms with Gasteiger partial charge in [0.2, 0.25) is 0 Å².